The monoisotopic (exact) mass is 155 g/mol. The number of hydrogen-bond acceptors (Lipinski definition) is 4. The van der Waals surface area contributed by atoms with Crippen LogP contribution in [0.15, 0.2) is 15.8 Å². The first-order valence-corrected chi connectivity index (χ1v) is 3.79. The second kappa shape index (κ2) is 3.25. The average molecular weight is 155 g/mol. The van der Waals surface area contributed by atoms with E-state index in [4.69, 9.17) is 4.42 Å². The second-order valence-electron chi connectivity index (χ2n) is 1.49. The summed E-state index contributed by atoms with van der Waals surface area (Å²) in [4.78, 5) is 13.7. The quantitative estimate of drug-likeness (QED) is 0.476. The number of nitrogens with zero attached hydrogens (tertiary/aromatic N) is 1. The molecule has 1 aromatic heterocycles. The van der Waals surface area contributed by atoms with Gasteiger partial charge in [-0.25, -0.2) is 9.78 Å². The van der Waals surface area contributed by atoms with E-state index in [2.05, 4.69) is 4.98 Å². The van der Waals surface area contributed by atoms with Crippen molar-refractivity contribution in [3.05, 3.63) is 12.2 Å². The third kappa shape index (κ3) is 1.29. The van der Waals surface area contributed by atoms with E-state index in [0.717, 1.165) is 0 Å². The van der Waals surface area contributed by atoms with Gasteiger partial charge in [-0.05, 0) is 6.26 Å². The Morgan fingerprint density at radius 1 is 1.90 bits per heavy atom. The lowest BCUT2D eigenvalue weighted by Crippen LogP contribution is -1.71. The molecule has 0 aliphatic heterocycles. The smallest absolute Gasteiger partial charge is 0.182 e. The fourth-order valence-corrected chi connectivity index (χ4v) is 1.00. The zero-order valence-corrected chi connectivity index (χ0v) is 6.14. The normalized spacial score (nSPS) is 8.90. The molecule has 0 aliphatic carbocycles. The predicted octanol–water partition coefficient (Wildman–Crippen LogP) is 1.24. The van der Waals surface area contributed by atoms with Gasteiger partial charge in [-0.2, -0.15) is 0 Å². The SMILES string of the molecule is CSc1ncoc1C=C=O. The van der Waals surface area contributed by atoms with E-state index >= 15 is 0 Å². The van der Waals surface area contributed by atoms with Gasteiger partial charge in [-0.3, -0.25) is 0 Å². The Balaban J connectivity index is 3.00. The van der Waals surface area contributed by atoms with Gasteiger partial charge in [0.05, 0.1) is 6.08 Å². The largest absolute Gasteiger partial charge is 0.442 e. The molecule has 0 aliphatic rings. The maximum Gasteiger partial charge on any atom is 0.182 e. The minimum absolute atomic E-state index is 0.475. The molecule has 1 heterocycles. The van der Waals surface area contributed by atoms with E-state index in [0.29, 0.717) is 10.8 Å². The van der Waals surface area contributed by atoms with Crippen LogP contribution >= 0.6 is 11.8 Å². The van der Waals surface area contributed by atoms with Gasteiger partial charge in [0.15, 0.2) is 12.2 Å². The maximum absolute atomic E-state index is 9.86. The van der Waals surface area contributed by atoms with Gasteiger partial charge in [0.2, 0.25) is 0 Å². The average Bonchev–Trinajstić information content (AvgIpc) is 2.36. The van der Waals surface area contributed by atoms with Gasteiger partial charge in [0.25, 0.3) is 0 Å². The molecule has 4 heteroatoms. The van der Waals surface area contributed by atoms with Crippen LogP contribution in [0.4, 0.5) is 0 Å². The van der Waals surface area contributed by atoms with E-state index < -0.39 is 0 Å². The fraction of sp³-hybridized carbons (Fsp3) is 0.167. The van der Waals surface area contributed by atoms with Crippen LogP contribution in [0.2, 0.25) is 0 Å². The van der Waals surface area contributed by atoms with Crippen LogP contribution in [0, 0.1) is 0 Å². The lowest BCUT2D eigenvalue weighted by atomic mass is 10.5. The Labute approximate surface area is 62.1 Å². The highest BCUT2D eigenvalue weighted by Crippen LogP contribution is 2.17. The molecular formula is C6H5NO2S. The number of thioether (sulfide) groups is 1. The molecule has 0 fully saturated rings. The van der Waals surface area contributed by atoms with Crippen LogP contribution in [0.25, 0.3) is 6.08 Å². The molecule has 3 nitrogen and oxygen atoms in total. The van der Waals surface area contributed by atoms with Crippen molar-refractivity contribution in [3.63, 3.8) is 0 Å². The molecular weight excluding hydrogens is 150 g/mol. The Hall–Kier alpha value is -0.990. The molecule has 10 heavy (non-hydrogen) atoms. The van der Waals surface area contributed by atoms with Crippen molar-refractivity contribution in [1.82, 2.24) is 4.98 Å². The van der Waals surface area contributed by atoms with Crippen molar-refractivity contribution >= 4 is 23.8 Å². The van der Waals surface area contributed by atoms with Crippen LogP contribution in [0.3, 0.4) is 0 Å². The Morgan fingerprint density at radius 2 is 2.70 bits per heavy atom. The lowest BCUT2D eigenvalue weighted by Gasteiger charge is -1.84. The van der Waals surface area contributed by atoms with Gasteiger partial charge in [0.1, 0.15) is 11.0 Å². The van der Waals surface area contributed by atoms with Crippen molar-refractivity contribution in [3.8, 4) is 0 Å². The van der Waals surface area contributed by atoms with Gasteiger partial charge in [-0.15, -0.1) is 11.8 Å². The summed E-state index contributed by atoms with van der Waals surface area (Å²) in [6.07, 6.45) is 4.38. The summed E-state index contributed by atoms with van der Waals surface area (Å²) >= 11 is 1.43. The molecule has 0 bridgehead atoms. The highest BCUT2D eigenvalue weighted by molar-refractivity contribution is 7.98. The molecule has 0 aromatic carbocycles. The third-order valence-corrected chi connectivity index (χ3v) is 1.64. The summed E-state index contributed by atoms with van der Waals surface area (Å²) in [6.45, 7) is 0. The Kier molecular flexibility index (Phi) is 2.31. The van der Waals surface area contributed by atoms with Gasteiger partial charge in [-0.1, -0.05) is 0 Å². The lowest BCUT2D eigenvalue weighted by molar-refractivity contribution is 0.543. The van der Waals surface area contributed by atoms with Crippen LogP contribution in [0.5, 0.6) is 0 Å². The minimum Gasteiger partial charge on any atom is -0.442 e. The van der Waals surface area contributed by atoms with E-state index in [9.17, 15) is 4.79 Å². The Bertz CT molecular complexity index is 262. The summed E-state index contributed by atoms with van der Waals surface area (Å²) in [5, 5.41) is 0.711. The van der Waals surface area contributed by atoms with Crippen LogP contribution in [-0.4, -0.2) is 17.2 Å². The molecule has 1 aromatic rings. The maximum atomic E-state index is 9.86. The van der Waals surface area contributed by atoms with Crippen LogP contribution in [-0.2, 0) is 4.79 Å². The summed E-state index contributed by atoms with van der Waals surface area (Å²) in [5.74, 6) is 2.10. The highest BCUT2D eigenvalue weighted by Gasteiger charge is 2.01. The number of carbonyl (C=O) groups excluding carboxylic acids is 1. The van der Waals surface area contributed by atoms with Crippen LogP contribution in [0.1, 0.15) is 5.76 Å². The number of hydrogen-bond donors (Lipinski definition) is 0. The van der Waals surface area contributed by atoms with Crippen molar-refractivity contribution in [2.45, 2.75) is 5.03 Å². The van der Waals surface area contributed by atoms with Crippen LogP contribution < -0.4 is 0 Å². The number of rotatable bonds is 2. The van der Waals surface area contributed by atoms with Gasteiger partial charge in [0, 0.05) is 0 Å². The van der Waals surface area contributed by atoms with Crippen molar-refractivity contribution in [2.75, 3.05) is 6.26 Å². The molecule has 52 valence electrons. The molecule has 0 amide bonds. The van der Waals surface area contributed by atoms with E-state index in [-0.39, 0.29) is 0 Å². The van der Waals surface area contributed by atoms with E-state index in [1.54, 1.807) is 5.94 Å². The topological polar surface area (TPSA) is 43.1 Å². The van der Waals surface area contributed by atoms with Crippen molar-refractivity contribution in [1.29, 1.82) is 0 Å². The first kappa shape index (κ1) is 7.12. The van der Waals surface area contributed by atoms with Crippen molar-refractivity contribution in [2.24, 2.45) is 0 Å². The highest BCUT2D eigenvalue weighted by atomic mass is 32.2. The first-order valence-electron chi connectivity index (χ1n) is 2.57. The molecule has 0 saturated carbocycles. The zero-order chi connectivity index (χ0) is 7.40. The molecule has 1 rings (SSSR count). The van der Waals surface area contributed by atoms with E-state index in [1.807, 2.05) is 6.26 Å². The molecule has 0 radical (unpaired) electrons. The Morgan fingerprint density at radius 3 is 3.30 bits per heavy atom. The number of aromatic nitrogens is 1. The summed E-state index contributed by atoms with van der Waals surface area (Å²) in [6, 6.07) is 0. The molecule has 0 spiro atoms. The number of oxazole rings is 1. The molecule has 0 saturated heterocycles. The minimum atomic E-state index is 0.475. The van der Waals surface area contributed by atoms with E-state index in [1.165, 1.54) is 24.2 Å². The fourth-order valence-electron chi connectivity index (χ4n) is 0.548. The second-order valence-corrected chi connectivity index (χ2v) is 2.28. The predicted molar refractivity (Wildman–Crippen MR) is 38.4 cm³/mol. The van der Waals surface area contributed by atoms with Crippen molar-refractivity contribution < 1.29 is 9.21 Å². The van der Waals surface area contributed by atoms with Gasteiger partial charge >= 0.3 is 0 Å². The summed E-state index contributed by atoms with van der Waals surface area (Å²) < 4.78 is 4.85. The standard InChI is InChI=1S/C6H5NO2S/c1-10-6-5(2-3-8)9-4-7-6/h2,4H,1H3. The zero-order valence-electron chi connectivity index (χ0n) is 5.33. The molecule has 0 atom stereocenters. The third-order valence-electron chi connectivity index (χ3n) is 0.944. The van der Waals surface area contributed by atoms with Gasteiger partial charge < -0.3 is 4.42 Å². The summed E-state index contributed by atoms with van der Waals surface area (Å²) in [7, 11) is 0. The summed E-state index contributed by atoms with van der Waals surface area (Å²) in [5.41, 5.74) is 0. The first-order chi connectivity index (χ1) is 4.88. The molecule has 0 N–H and O–H groups in total. The molecule has 0 unspecified atom stereocenters.